The Kier molecular flexibility index (Phi) is 3.96. The van der Waals surface area contributed by atoms with E-state index >= 15 is 0 Å². The SMILES string of the molecule is COCC1=CCN(C(=O)[C@H]2CCCN2)CC1. The van der Waals surface area contributed by atoms with E-state index in [9.17, 15) is 4.79 Å². The molecule has 2 rings (SSSR count). The highest BCUT2D eigenvalue weighted by molar-refractivity contribution is 5.82. The molecule has 0 bridgehead atoms. The molecule has 2 aliphatic heterocycles. The Morgan fingerprint density at radius 1 is 1.69 bits per heavy atom. The summed E-state index contributed by atoms with van der Waals surface area (Å²) in [7, 11) is 1.71. The fourth-order valence-corrected chi connectivity index (χ4v) is 2.34. The van der Waals surface area contributed by atoms with Crippen LogP contribution in [0.1, 0.15) is 19.3 Å². The van der Waals surface area contributed by atoms with Crippen LogP contribution in [0.3, 0.4) is 0 Å². The van der Waals surface area contributed by atoms with Crippen LogP contribution >= 0.6 is 0 Å². The lowest BCUT2D eigenvalue weighted by Gasteiger charge is -2.28. The highest BCUT2D eigenvalue weighted by Gasteiger charge is 2.27. The molecule has 0 aromatic heterocycles. The molecule has 0 spiro atoms. The molecule has 2 heterocycles. The minimum atomic E-state index is 0.0670. The summed E-state index contributed by atoms with van der Waals surface area (Å²) in [6.07, 6.45) is 5.19. The van der Waals surface area contributed by atoms with Crippen LogP contribution in [0.2, 0.25) is 0 Å². The summed E-state index contributed by atoms with van der Waals surface area (Å²) in [5.74, 6) is 0.269. The van der Waals surface area contributed by atoms with Gasteiger partial charge in [-0.1, -0.05) is 6.08 Å². The van der Waals surface area contributed by atoms with E-state index in [-0.39, 0.29) is 11.9 Å². The fourth-order valence-electron chi connectivity index (χ4n) is 2.34. The summed E-state index contributed by atoms with van der Waals surface area (Å²) in [6, 6.07) is 0.0670. The third-order valence-corrected chi connectivity index (χ3v) is 3.30. The van der Waals surface area contributed by atoms with Crippen LogP contribution in [-0.2, 0) is 9.53 Å². The quantitative estimate of drug-likeness (QED) is 0.712. The Labute approximate surface area is 96.6 Å². The first-order chi connectivity index (χ1) is 7.81. The second kappa shape index (κ2) is 5.46. The van der Waals surface area contributed by atoms with E-state index in [2.05, 4.69) is 11.4 Å². The number of hydrogen-bond acceptors (Lipinski definition) is 3. The molecular weight excluding hydrogens is 204 g/mol. The van der Waals surface area contributed by atoms with Gasteiger partial charge in [-0.15, -0.1) is 0 Å². The van der Waals surface area contributed by atoms with Crippen molar-refractivity contribution in [1.29, 1.82) is 0 Å². The minimum Gasteiger partial charge on any atom is -0.380 e. The molecule has 0 unspecified atom stereocenters. The number of rotatable bonds is 3. The van der Waals surface area contributed by atoms with Crippen molar-refractivity contribution in [2.75, 3.05) is 33.4 Å². The molecule has 0 aromatic rings. The maximum atomic E-state index is 12.1. The lowest BCUT2D eigenvalue weighted by molar-refractivity contribution is -0.132. The zero-order valence-corrected chi connectivity index (χ0v) is 9.87. The Bertz CT molecular complexity index is 283. The highest BCUT2D eigenvalue weighted by Crippen LogP contribution is 2.14. The lowest BCUT2D eigenvalue weighted by Crippen LogP contribution is -2.45. The van der Waals surface area contributed by atoms with E-state index in [1.807, 2.05) is 4.90 Å². The Hall–Kier alpha value is -0.870. The lowest BCUT2D eigenvalue weighted by atomic mass is 10.1. The number of nitrogens with one attached hydrogen (secondary N) is 1. The molecule has 90 valence electrons. The number of carbonyl (C=O) groups is 1. The van der Waals surface area contributed by atoms with Crippen molar-refractivity contribution < 1.29 is 9.53 Å². The fraction of sp³-hybridized carbons (Fsp3) is 0.750. The van der Waals surface area contributed by atoms with E-state index in [4.69, 9.17) is 4.74 Å². The summed E-state index contributed by atoms with van der Waals surface area (Å²) in [6.45, 7) is 3.26. The molecule has 1 fully saturated rings. The molecule has 0 saturated carbocycles. The van der Waals surface area contributed by atoms with Crippen molar-refractivity contribution >= 4 is 5.91 Å². The highest BCUT2D eigenvalue weighted by atomic mass is 16.5. The molecule has 0 aromatic carbocycles. The summed E-state index contributed by atoms with van der Waals surface area (Å²) in [5.41, 5.74) is 1.31. The topological polar surface area (TPSA) is 41.6 Å². The van der Waals surface area contributed by atoms with Gasteiger partial charge < -0.3 is 15.0 Å². The number of hydrogen-bond donors (Lipinski definition) is 1. The zero-order valence-electron chi connectivity index (χ0n) is 9.87. The summed E-state index contributed by atoms with van der Waals surface area (Å²) < 4.78 is 5.09. The first kappa shape index (κ1) is 11.6. The normalized spacial score (nSPS) is 25.7. The van der Waals surface area contributed by atoms with Crippen LogP contribution in [0.4, 0.5) is 0 Å². The van der Waals surface area contributed by atoms with Gasteiger partial charge in [0.1, 0.15) is 0 Å². The maximum Gasteiger partial charge on any atom is 0.239 e. The molecule has 0 radical (unpaired) electrons. The standard InChI is InChI=1S/C12H20N2O2/c1-16-9-10-4-7-14(8-5-10)12(15)11-3-2-6-13-11/h4,11,13H,2-3,5-9H2,1H3/t11-/m1/s1. The third kappa shape index (κ3) is 2.62. The van der Waals surface area contributed by atoms with Gasteiger partial charge in [0.25, 0.3) is 0 Å². The van der Waals surface area contributed by atoms with Gasteiger partial charge in [0.15, 0.2) is 0 Å². The van der Waals surface area contributed by atoms with Gasteiger partial charge in [-0.25, -0.2) is 0 Å². The van der Waals surface area contributed by atoms with Gasteiger partial charge in [-0.2, -0.15) is 0 Å². The zero-order chi connectivity index (χ0) is 11.4. The second-order valence-electron chi connectivity index (χ2n) is 4.48. The van der Waals surface area contributed by atoms with Crippen molar-refractivity contribution in [2.24, 2.45) is 0 Å². The monoisotopic (exact) mass is 224 g/mol. The maximum absolute atomic E-state index is 12.1. The minimum absolute atomic E-state index is 0.0670. The van der Waals surface area contributed by atoms with Gasteiger partial charge >= 0.3 is 0 Å². The first-order valence-electron chi connectivity index (χ1n) is 6.00. The van der Waals surface area contributed by atoms with E-state index in [0.29, 0.717) is 6.61 Å². The van der Waals surface area contributed by atoms with E-state index in [1.165, 1.54) is 5.57 Å². The molecule has 1 amide bonds. The van der Waals surface area contributed by atoms with E-state index in [1.54, 1.807) is 7.11 Å². The number of carbonyl (C=O) groups excluding carboxylic acids is 1. The van der Waals surface area contributed by atoms with Crippen LogP contribution < -0.4 is 5.32 Å². The van der Waals surface area contributed by atoms with Gasteiger partial charge in [0.2, 0.25) is 5.91 Å². The number of ether oxygens (including phenoxy) is 1. The van der Waals surface area contributed by atoms with Crippen LogP contribution in [0, 0.1) is 0 Å². The van der Waals surface area contributed by atoms with Crippen LogP contribution in [0.25, 0.3) is 0 Å². The van der Waals surface area contributed by atoms with Crippen LogP contribution in [-0.4, -0.2) is 50.2 Å². The van der Waals surface area contributed by atoms with Crippen molar-refractivity contribution in [3.63, 3.8) is 0 Å². The summed E-state index contributed by atoms with van der Waals surface area (Å²) >= 11 is 0. The number of methoxy groups -OCH3 is 1. The van der Waals surface area contributed by atoms with Crippen molar-refractivity contribution in [3.8, 4) is 0 Å². The second-order valence-corrected chi connectivity index (χ2v) is 4.48. The molecule has 4 heteroatoms. The summed E-state index contributed by atoms with van der Waals surface area (Å²) in [4.78, 5) is 14.0. The van der Waals surface area contributed by atoms with Crippen molar-refractivity contribution in [1.82, 2.24) is 10.2 Å². The molecular formula is C12H20N2O2. The van der Waals surface area contributed by atoms with Crippen LogP contribution in [0.5, 0.6) is 0 Å². The van der Waals surface area contributed by atoms with Gasteiger partial charge in [-0.05, 0) is 31.4 Å². The Balaban J connectivity index is 1.85. The molecule has 1 saturated heterocycles. The number of amides is 1. The van der Waals surface area contributed by atoms with Gasteiger partial charge in [0, 0.05) is 20.2 Å². The first-order valence-corrected chi connectivity index (χ1v) is 6.00. The Morgan fingerprint density at radius 3 is 3.12 bits per heavy atom. The predicted octanol–water partition coefficient (Wildman–Crippen LogP) is 0.543. The molecule has 1 N–H and O–H groups in total. The molecule has 4 nitrogen and oxygen atoms in total. The van der Waals surface area contributed by atoms with Crippen molar-refractivity contribution in [3.05, 3.63) is 11.6 Å². The summed E-state index contributed by atoms with van der Waals surface area (Å²) in [5, 5.41) is 3.25. The van der Waals surface area contributed by atoms with Crippen LogP contribution in [0.15, 0.2) is 11.6 Å². The predicted molar refractivity (Wildman–Crippen MR) is 62.2 cm³/mol. The van der Waals surface area contributed by atoms with Crippen molar-refractivity contribution in [2.45, 2.75) is 25.3 Å². The van der Waals surface area contributed by atoms with E-state index in [0.717, 1.165) is 38.9 Å². The average molecular weight is 224 g/mol. The molecule has 16 heavy (non-hydrogen) atoms. The smallest absolute Gasteiger partial charge is 0.239 e. The molecule has 1 atom stereocenters. The van der Waals surface area contributed by atoms with Gasteiger partial charge in [-0.3, -0.25) is 4.79 Å². The molecule has 0 aliphatic carbocycles. The van der Waals surface area contributed by atoms with Gasteiger partial charge in [0.05, 0.1) is 12.6 Å². The average Bonchev–Trinajstić information content (AvgIpc) is 2.83. The third-order valence-electron chi connectivity index (χ3n) is 3.30. The Morgan fingerprint density at radius 2 is 2.56 bits per heavy atom. The van der Waals surface area contributed by atoms with E-state index < -0.39 is 0 Å². The molecule has 2 aliphatic rings. The largest absolute Gasteiger partial charge is 0.380 e. The number of nitrogens with zero attached hydrogens (tertiary/aromatic N) is 1.